The van der Waals surface area contributed by atoms with E-state index in [2.05, 4.69) is 16.8 Å². The number of thiocarbonyl (C=S) groups is 1. The number of hydrogen-bond acceptors (Lipinski definition) is 3. The van der Waals surface area contributed by atoms with Gasteiger partial charge in [-0.15, -0.1) is 0 Å². The number of aromatic nitrogens is 1. The highest BCUT2D eigenvalue weighted by Crippen LogP contribution is 2.39. The number of hydrogen-bond donors (Lipinski definition) is 1. The van der Waals surface area contributed by atoms with Crippen LogP contribution in [0.2, 0.25) is 0 Å². The maximum Gasteiger partial charge on any atom is 0.0593 e. The summed E-state index contributed by atoms with van der Waals surface area (Å²) in [4.78, 5) is 7.66. The number of aryl methyl sites for hydroxylation is 1. The van der Waals surface area contributed by atoms with Crippen molar-refractivity contribution in [1.82, 2.24) is 9.88 Å². The van der Waals surface area contributed by atoms with E-state index in [0.717, 1.165) is 32.2 Å². The molecular formula is C21H32N2OS. The van der Waals surface area contributed by atoms with Crippen LogP contribution in [0.1, 0.15) is 61.5 Å². The molecule has 3 nitrogen and oxygen atoms in total. The maximum absolute atomic E-state index is 6.09. The molecule has 25 heavy (non-hydrogen) atoms. The molecule has 1 fully saturated rings. The predicted molar refractivity (Wildman–Crippen MR) is 107 cm³/mol. The van der Waals surface area contributed by atoms with Crippen LogP contribution in [-0.2, 0) is 24.0 Å². The Morgan fingerprint density at radius 2 is 2.00 bits per heavy atom. The molecule has 3 aliphatic rings. The zero-order valence-corrected chi connectivity index (χ0v) is 16.4. The highest BCUT2D eigenvalue weighted by Gasteiger charge is 2.39. The Labute approximate surface area is 157 Å². The molecule has 4 rings (SSSR count). The zero-order chi connectivity index (χ0) is 17.2. The molecule has 1 aromatic rings. The normalized spacial score (nSPS) is 27.2. The van der Waals surface area contributed by atoms with Crippen LogP contribution in [-0.4, -0.2) is 47.6 Å². The Bertz CT molecular complexity index is 624. The number of piperidine rings is 1. The Morgan fingerprint density at radius 3 is 2.84 bits per heavy atom. The summed E-state index contributed by atoms with van der Waals surface area (Å²) < 4.78 is 5.56. The maximum atomic E-state index is 6.09. The summed E-state index contributed by atoms with van der Waals surface area (Å²) in [6.45, 7) is 7.13. The first-order valence-electron chi connectivity index (χ1n) is 10.3. The van der Waals surface area contributed by atoms with Gasteiger partial charge in [0.05, 0.1) is 6.61 Å². The van der Waals surface area contributed by atoms with Crippen LogP contribution in [0.3, 0.4) is 0 Å². The number of rotatable bonds is 4. The van der Waals surface area contributed by atoms with Crippen LogP contribution in [0.25, 0.3) is 0 Å². The molecule has 0 bridgehead atoms. The van der Waals surface area contributed by atoms with Crippen molar-refractivity contribution in [3.63, 3.8) is 0 Å². The second-order valence-corrected chi connectivity index (χ2v) is 8.51. The molecule has 1 aromatic heterocycles. The van der Waals surface area contributed by atoms with E-state index in [0.29, 0.717) is 5.92 Å². The molecule has 0 aromatic carbocycles. The number of nitrogens with zero attached hydrogens (tertiary/aromatic N) is 1. The number of H-pyrrole nitrogens is 1. The first-order valence-corrected chi connectivity index (χ1v) is 10.8. The van der Waals surface area contributed by atoms with Gasteiger partial charge in [0.25, 0.3) is 0 Å². The van der Waals surface area contributed by atoms with E-state index in [-0.39, 0.29) is 0 Å². The van der Waals surface area contributed by atoms with E-state index < -0.39 is 0 Å². The van der Waals surface area contributed by atoms with Crippen molar-refractivity contribution in [2.45, 2.75) is 58.3 Å². The fraction of sp³-hybridized carbons (Fsp3) is 0.762. The van der Waals surface area contributed by atoms with Gasteiger partial charge in [0.2, 0.25) is 0 Å². The molecule has 1 N–H and O–H groups in total. The summed E-state index contributed by atoms with van der Waals surface area (Å²) >= 11 is 6.09. The lowest BCUT2D eigenvalue weighted by Crippen LogP contribution is -2.47. The second kappa shape index (κ2) is 7.89. The first kappa shape index (κ1) is 17.7. The molecule has 0 radical (unpaired) electrons. The van der Waals surface area contributed by atoms with Gasteiger partial charge in [0.1, 0.15) is 0 Å². The van der Waals surface area contributed by atoms with Crippen molar-refractivity contribution >= 4 is 17.1 Å². The average Bonchev–Trinajstić information content (AvgIpc) is 2.92. The summed E-state index contributed by atoms with van der Waals surface area (Å²) in [6, 6.07) is 0. The van der Waals surface area contributed by atoms with E-state index in [4.69, 9.17) is 17.0 Å². The zero-order valence-electron chi connectivity index (χ0n) is 15.6. The minimum Gasteiger partial charge on any atom is -0.380 e. The number of aromatic amines is 1. The van der Waals surface area contributed by atoms with Crippen molar-refractivity contribution in [2.24, 2.45) is 11.8 Å². The van der Waals surface area contributed by atoms with Crippen LogP contribution < -0.4 is 0 Å². The van der Waals surface area contributed by atoms with Crippen LogP contribution in [0.4, 0.5) is 0 Å². The molecule has 2 atom stereocenters. The molecule has 0 saturated carbocycles. The Hall–Kier alpha value is -0.710. The van der Waals surface area contributed by atoms with Gasteiger partial charge in [0.15, 0.2) is 0 Å². The third-order valence-electron chi connectivity index (χ3n) is 6.52. The lowest BCUT2D eigenvalue weighted by molar-refractivity contribution is 0.0852. The number of fused-ring (bicyclic) bond motifs is 4. The largest absolute Gasteiger partial charge is 0.380 e. The van der Waals surface area contributed by atoms with E-state index in [1.54, 1.807) is 5.56 Å². The molecule has 1 aliphatic heterocycles. The van der Waals surface area contributed by atoms with Gasteiger partial charge in [-0.3, -0.25) is 0 Å². The summed E-state index contributed by atoms with van der Waals surface area (Å²) in [5, 5.41) is 0. The van der Waals surface area contributed by atoms with Crippen molar-refractivity contribution in [3.8, 4) is 0 Å². The van der Waals surface area contributed by atoms with Crippen molar-refractivity contribution in [1.29, 1.82) is 0 Å². The van der Waals surface area contributed by atoms with Crippen molar-refractivity contribution < 1.29 is 4.74 Å². The lowest BCUT2D eigenvalue weighted by Gasteiger charge is -2.41. The SMILES string of the molecule is CCOCCN1CC[C@H]2Cc3[nH]c4c(c3C(=S)[C@@H]2C1)CCCCCC4. The van der Waals surface area contributed by atoms with Crippen LogP contribution in [0.15, 0.2) is 0 Å². The molecule has 138 valence electrons. The van der Waals surface area contributed by atoms with E-state index in [9.17, 15) is 0 Å². The lowest BCUT2D eigenvalue weighted by atomic mass is 9.73. The van der Waals surface area contributed by atoms with E-state index in [1.807, 2.05) is 0 Å². The predicted octanol–water partition coefficient (Wildman–Crippen LogP) is 3.92. The smallest absolute Gasteiger partial charge is 0.0593 e. The van der Waals surface area contributed by atoms with E-state index >= 15 is 0 Å². The summed E-state index contributed by atoms with van der Waals surface area (Å²) in [7, 11) is 0. The monoisotopic (exact) mass is 360 g/mol. The molecule has 4 heteroatoms. The number of likely N-dealkylation sites (tertiary alicyclic amines) is 1. The molecule has 1 saturated heterocycles. The Balaban J connectivity index is 1.54. The van der Waals surface area contributed by atoms with Gasteiger partial charge in [-0.05, 0) is 63.5 Å². The highest BCUT2D eigenvalue weighted by molar-refractivity contribution is 7.80. The molecule has 0 spiro atoms. The van der Waals surface area contributed by atoms with Crippen LogP contribution in [0, 0.1) is 11.8 Å². The second-order valence-electron chi connectivity index (χ2n) is 8.07. The topological polar surface area (TPSA) is 28.3 Å². The summed E-state index contributed by atoms with van der Waals surface area (Å²) in [5.41, 5.74) is 6.05. The van der Waals surface area contributed by atoms with Gasteiger partial charge >= 0.3 is 0 Å². The van der Waals surface area contributed by atoms with Crippen molar-refractivity contribution in [2.75, 3.05) is 32.8 Å². The fourth-order valence-corrected chi connectivity index (χ4v) is 5.66. The van der Waals surface area contributed by atoms with Gasteiger partial charge in [-0.25, -0.2) is 0 Å². The third kappa shape index (κ3) is 3.58. The van der Waals surface area contributed by atoms with Gasteiger partial charge in [0, 0.05) is 47.4 Å². The van der Waals surface area contributed by atoms with Crippen LogP contribution in [0.5, 0.6) is 0 Å². The highest BCUT2D eigenvalue weighted by atomic mass is 32.1. The van der Waals surface area contributed by atoms with Crippen LogP contribution >= 0.6 is 12.2 Å². The standard InChI is InChI=1S/C21H32N2OS/c1-2-24-12-11-23-10-9-15-13-19-20(21(25)17(15)14-23)16-7-5-3-4-6-8-18(16)22-19/h15,17,22H,2-14H2,1H3/t15-,17+/m0/s1. The molecule has 2 aliphatic carbocycles. The number of nitrogens with one attached hydrogen (secondary N) is 1. The molecule has 0 amide bonds. The quantitative estimate of drug-likeness (QED) is 0.651. The molecule has 0 unspecified atom stereocenters. The average molecular weight is 361 g/mol. The summed E-state index contributed by atoms with van der Waals surface area (Å²) in [5.74, 6) is 1.32. The first-order chi connectivity index (χ1) is 12.3. The Morgan fingerprint density at radius 1 is 1.16 bits per heavy atom. The minimum atomic E-state index is 0.572. The van der Waals surface area contributed by atoms with E-state index in [1.165, 1.54) is 79.7 Å². The minimum absolute atomic E-state index is 0.572. The molecule has 2 heterocycles. The molecular weight excluding hydrogens is 328 g/mol. The summed E-state index contributed by atoms with van der Waals surface area (Å²) in [6.07, 6.45) is 10.4. The van der Waals surface area contributed by atoms with Gasteiger partial charge in [-0.2, -0.15) is 0 Å². The van der Waals surface area contributed by atoms with Gasteiger partial charge in [-0.1, -0.05) is 25.1 Å². The third-order valence-corrected chi connectivity index (χ3v) is 7.03. The number of ether oxygens (including phenoxy) is 1. The van der Waals surface area contributed by atoms with Crippen molar-refractivity contribution in [3.05, 3.63) is 22.5 Å². The Kier molecular flexibility index (Phi) is 5.59. The van der Waals surface area contributed by atoms with Gasteiger partial charge < -0.3 is 14.6 Å². The fourth-order valence-electron chi connectivity index (χ4n) is 5.15.